The van der Waals surface area contributed by atoms with Crippen molar-refractivity contribution >= 4 is 0 Å². The third-order valence-electron chi connectivity index (χ3n) is 3.23. The van der Waals surface area contributed by atoms with E-state index in [1.165, 1.54) is 11.1 Å². The number of allylic oxidation sites excluding steroid dienone is 1. The van der Waals surface area contributed by atoms with E-state index in [9.17, 15) is 0 Å². The third-order valence-corrected chi connectivity index (χ3v) is 3.23. The lowest BCUT2D eigenvalue weighted by molar-refractivity contribution is 0.213. The first-order valence-electron chi connectivity index (χ1n) is 5.47. The summed E-state index contributed by atoms with van der Waals surface area (Å²) in [6, 6.07) is 6.39. The van der Waals surface area contributed by atoms with Gasteiger partial charge in [0.05, 0.1) is 0 Å². The van der Waals surface area contributed by atoms with Gasteiger partial charge < -0.3 is 4.74 Å². The Balaban J connectivity index is 2.51. The molecule has 0 radical (unpaired) electrons. The van der Waals surface area contributed by atoms with E-state index in [0.717, 1.165) is 5.75 Å². The topological polar surface area (TPSA) is 9.23 Å². The Morgan fingerprint density at radius 2 is 2.07 bits per heavy atom. The standard InChI is InChI=1S/C14H18O/c1-5-7-12-14(3,4)11-9-6-8-10(2)13(11)15-12/h5-9,12H,1-4H3/b7-5-. The summed E-state index contributed by atoms with van der Waals surface area (Å²) in [5.41, 5.74) is 2.63. The smallest absolute Gasteiger partial charge is 0.127 e. The van der Waals surface area contributed by atoms with Gasteiger partial charge in [0.15, 0.2) is 0 Å². The van der Waals surface area contributed by atoms with Crippen LogP contribution in [0, 0.1) is 6.92 Å². The molecule has 1 aromatic rings. The lowest BCUT2D eigenvalue weighted by Crippen LogP contribution is -2.30. The summed E-state index contributed by atoms with van der Waals surface area (Å²) in [4.78, 5) is 0. The second-order valence-corrected chi connectivity index (χ2v) is 4.74. The summed E-state index contributed by atoms with van der Waals surface area (Å²) in [5, 5.41) is 0. The molecule has 0 saturated heterocycles. The molecule has 15 heavy (non-hydrogen) atoms. The molecule has 0 N–H and O–H groups in total. The Bertz CT molecular complexity index is 402. The molecule has 0 aromatic heterocycles. The average Bonchev–Trinajstić information content (AvgIpc) is 2.43. The first-order chi connectivity index (χ1) is 7.07. The van der Waals surface area contributed by atoms with Crippen LogP contribution in [0.1, 0.15) is 31.9 Å². The monoisotopic (exact) mass is 202 g/mol. The van der Waals surface area contributed by atoms with Gasteiger partial charge in [0.25, 0.3) is 0 Å². The summed E-state index contributed by atoms with van der Waals surface area (Å²) in [5.74, 6) is 1.07. The van der Waals surface area contributed by atoms with E-state index < -0.39 is 0 Å². The van der Waals surface area contributed by atoms with Crippen molar-refractivity contribution in [3.63, 3.8) is 0 Å². The maximum absolute atomic E-state index is 6.01. The molecule has 1 heteroatoms. The van der Waals surface area contributed by atoms with Crippen LogP contribution in [-0.2, 0) is 5.41 Å². The molecule has 1 aromatic carbocycles. The first kappa shape index (κ1) is 10.3. The van der Waals surface area contributed by atoms with Crippen molar-refractivity contribution in [1.82, 2.24) is 0 Å². The molecular formula is C14H18O. The van der Waals surface area contributed by atoms with Gasteiger partial charge in [-0.15, -0.1) is 0 Å². The molecule has 1 atom stereocenters. The quantitative estimate of drug-likeness (QED) is 0.632. The number of hydrogen-bond donors (Lipinski definition) is 0. The highest BCUT2D eigenvalue weighted by atomic mass is 16.5. The molecule has 2 rings (SSSR count). The largest absolute Gasteiger partial charge is 0.485 e. The van der Waals surface area contributed by atoms with Crippen molar-refractivity contribution in [3.8, 4) is 5.75 Å². The molecule has 1 aliphatic heterocycles. The van der Waals surface area contributed by atoms with Crippen LogP contribution in [0.25, 0.3) is 0 Å². The molecule has 0 aliphatic carbocycles. The Kier molecular flexibility index (Phi) is 2.34. The average molecular weight is 202 g/mol. The minimum atomic E-state index is 0.0772. The highest BCUT2D eigenvalue weighted by Gasteiger charge is 2.40. The predicted octanol–water partition coefficient (Wildman–Crippen LogP) is 3.61. The van der Waals surface area contributed by atoms with Gasteiger partial charge in [0, 0.05) is 11.0 Å². The molecule has 0 spiro atoms. The van der Waals surface area contributed by atoms with Crippen molar-refractivity contribution in [3.05, 3.63) is 41.5 Å². The molecule has 1 aliphatic rings. The fraction of sp³-hybridized carbons (Fsp3) is 0.429. The Hall–Kier alpha value is -1.24. The van der Waals surface area contributed by atoms with Gasteiger partial charge in [0.1, 0.15) is 11.9 Å². The van der Waals surface area contributed by atoms with E-state index in [0.29, 0.717) is 0 Å². The van der Waals surface area contributed by atoms with Crippen molar-refractivity contribution in [2.24, 2.45) is 0 Å². The number of rotatable bonds is 1. The molecule has 1 unspecified atom stereocenters. The van der Waals surface area contributed by atoms with Crippen LogP contribution in [-0.4, -0.2) is 6.10 Å². The predicted molar refractivity (Wildman–Crippen MR) is 63.4 cm³/mol. The number of fused-ring (bicyclic) bond motifs is 1. The number of ether oxygens (including phenoxy) is 1. The number of para-hydroxylation sites is 1. The molecule has 0 bridgehead atoms. The number of benzene rings is 1. The van der Waals surface area contributed by atoms with Gasteiger partial charge in [0.2, 0.25) is 0 Å². The van der Waals surface area contributed by atoms with Gasteiger partial charge >= 0.3 is 0 Å². The second kappa shape index (κ2) is 3.41. The van der Waals surface area contributed by atoms with E-state index in [2.05, 4.69) is 51.1 Å². The van der Waals surface area contributed by atoms with E-state index >= 15 is 0 Å². The summed E-state index contributed by atoms with van der Waals surface area (Å²) < 4.78 is 6.01. The summed E-state index contributed by atoms with van der Waals surface area (Å²) in [6.45, 7) is 8.62. The van der Waals surface area contributed by atoms with Gasteiger partial charge in [-0.25, -0.2) is 0 Å². The van der Waals surface area contributed by atoms with E-state index in [-0.39, 0.29) is 11.5 Å². The van der Waals surface area contributed by atoms with E-state index in [4.69, 9.17) is 4.74 Å². The van der Waals surface area contributed by atoms with Crippen LogP contribution >= 0.6 is 0 Å². The Morgan fingerprint density at radius 1 is 1.33 bits per heavy atom. The fourth-order valence-electron chi connectivity index (χ4n) is 2.20. The van der Waals surface area contributed by atoms with E-state index in [1.54, 1.807) is 0 Å². The fourth-order valence-corrected chi connectivity index (χ4v) is 2.20. The normalized spacial score (nSPS) is 22.8. The molecule has 1 nitrogen and oxygen atoms in total. The van der Waals surface area contributed by atoms with Crippen molar-refractivity contribution < 1.29 is 4.74 Å². The zero-order chi connectivity index (χ0) is 11.1. The van der Waals surface area contributed by atoms with Crippen LogP contribution in [0.4, 0.5) is 0 Å². The molecule has 0 saturated carbocycles. The first-order valence-corrected chi connectivity index (χ1v) is 5.47. The lowest BCUT2D eigenvalue weighted by atomic mass is 9.80. The van der Waals surface area contributed by atoms with Crippen LogP contribution in [0.15, 0.2) is 30.4 Å². The van der Waals surface area contributed by atoms with Crippen molar-refractivity contribution in [2.45, 2.75) is 39.2 Å². The SMILES string of the molecule is C/C=C\C1Oc2c(C)cccc2C1(C)C. The maximum Gasteiger partial charge on any atom is 0.127 e. The minimum absolute atomic E-state index is 0.0772. The third kappa shape index (κ3) is 1.46. The van der Waals surface area contributed by atoms with Crippen LogP contribution in [0.3, 0.4) is 0 Å². The Morgan fingerprint density at radius 3 is 2.67 bits per heavy atom. The van der Waals surface area contributed by atoms with Crippen LogP contribution < -0.4 is 4.74 Å². The zero-order valence-corrected chi connectivity index (χ0v) is 9.87. The highest BCUT2D eigenvalue weighted by Crippen LogP contribution is 2.44. The molecule has 80 valence electrons. The van der Waals surface area contributed by atoms with E-state index in [1.807, 2.05) is 6.92 Å². The highest BCUT2D eigenvalue weighted by molar-refractivity contribution is 5.50. The Labute approximate surface area is 91.8 Å². The molecule has 1 heterocycles. The molecular weight excluding hydrogens is 184 g/mol. The van der Waals surface area contributed by atoms with Gasteiger partial charge in [-0.05, 0) is 25.5 Å². The zero-order valence-electron chi connectivity index (χ0n) is 9.87. The lowest BCUT2D eigenvalue weighted by Gasteiger charge is -2.22. The number of hydrogen-bond acceptors (Lipinski definition) is 1. The van der Waals surface area contributed by atoms with Crippen molar-refractivity contribution in [1.29, 1.82) is 0 Å². The summed E-state index contributed by atoms with van der Waals surface area (Å²) in [7, 11) is 0. The maximum atomic E-state index is 6.01. The summed E-state index contributed by atoms with van der Waals surface area (Å²) in [6.07, 6.45) is 4.37. The summed E-state index contributed by atoms with van der Waals surface area (Å²) >= 11 is 0. The van der Waals surface area contributed by atoms with Crippen molar-refractivity contribution in [2.75, 3.05) is 0 Å². The van der Waals surface area contributed by atoms with Gasteiger partial charge in [-0.3, -0.25) is 0 Å². The van der Waals surface area contributed by atoms with Crippen LogP contribution in [0.2, 0.25) is 0 Å². The van der Waals surface area contributed by atoms with Crippen LogP contribution in [0.5, 0.6) is 5.75 Å². The second-order valence-electron chi connectivity index (χ2n) is 4.74. The minimum Gasteiger partial charge on any atom is -0.485 e. The van der Waals surface area contributed by atoms with Gasteiger partial charge in [-0.2, -0.15) is 0 Å². The molecule has 0 amide bonds. The molecule has 0 fully saturated rings. The van der Waals surface area contributed by atoms with Gasteiger partial charge in [-0.1, -0.05) is 38.1 Å². The number of aryl methyl sites for hydroxylation is 1.